The topological polar surface area (TPSA) is 26.0 Å². The minimum absolute atomic E-state index is 0.352. The summed E-state index contributed by atoms with van der Waals surface area (Å²) < 4.78 is 0. The van der Waals surface area contributed by atoms with Crippen molar-refractivity contribution in [3.8, 4) is 0 Å². The van der Waals surface area contributed by atoms with E-state index >= 15 is 0 Å². The molecule has 4 atom stereocenters. The van der Waals surface area contributed by atoms with E-state index in [1.54, 1.807) is 0 Å². The second-order valence-electron chi connectivity index (χ2n) is 4.50. The molecular weight excluding hydrogens is 146 g/mol. The Morgan fingerprint density at radius 3 is 2.00 bits per heavy atom. The molecule has 0 spiro atoms. The lowest BCUT2D eigenvalue weighted by molar-refractivity contribution is 0.215. The summed E-state index contributed by atoms with van der Waals surface area (Å²) >= 11 is 0. The standard InChI is InChI=1S/C11H21N/c1-7(2)10-8(3)5-6-9(4)11(10)12/h5-11H,12H2,1-4H3/t8-,9+,10+,11+/m1/s1. The van der Waals surface area contributed by atoms with Crippen LogP contribution in [0.2, 0.25) is 0 Å². The third kappa shape index (κ3) is 1.71. The molecular formula is C11H21N. The van der Waals surface area contributed by atoms with Gasteiger partial charge in [0.15, 0.2) is 0 Å². The molecule has 0 aliphatic heterocycles. The molecule has 0 amide bonds. The van der Waals surface area contributed by atoms with Crippen molar-refractivity contribution in [3.05, 3.63) is 12.2 Å². The van der Waals surface area contributed by atoms with Crippen LogP contribution in [-0.4, -0.2) is 6.04 Å². The van der Waals surface area contributed by atoms with Crippen molar-refractivity contribution in [3.63, 3.8) is 0 Å². The zero-order valence-corrected chi connectivity index (χ0v) is 8.62. The van der Waals surface area contributed by atoms with E-state index in [0.717, 1.165) is 0 Å². The zero-order valence-electron chi connectivity index (χ0n) is 8.62. The highest BCUT2D eigenvalue weighted by molar-refractivity contribution is 5.05. The number of rotatable bonds is 1. The minimum atomic E-state index is 0.352. The molecule has 2 N–H and O–H groups in total. The highest BCUT2D eigenvalue weighted by Crippen LogP contribution is 2.32. The number of hydrogen-bond donors (Lipinski definition) is 1. The molecule has 12 heavy (non-hydrogen) atoms. The number of allylic oxidation sites excluding steroid dienone is 1. The lowest BCUT2D eigenvalue weighted by atomic mass is 9.71. The summed E-state index contributed by atoms with van der Waals surface area (Å²) in [6.45, 7) is 9.02. The van der Waals surface area contributed by atoms with Crippen LogP contribution in [-0.2, 0) is 0 Å². The van der Waals surface area contributed by atoms with E-state index in [4.69, 9.17) is 5.73 Å². The Labute approximate surface area is 76.0 Å². The lowest BCUT2D eigenvalue weighted by Crippen LogP contribution is -2.43. The van der Waals surface area contributed by atoms with Crippen molar-refractivity contribution >= 4 is 0 Å². The summed E-state index contributed by atoms with van der Waals surface area (Å²) in [4.78, 5) is 0. The van der Waals surface area contributed by atoms with Gasteiger partial charge in [-0.2, -0.15) is 0 Å². The van der Waals surface area contributed by atoms with Crippen LogP contribution >= 0.6 is 0 Å². The normalized spacial score (nSPS) is 42.2. The fraction of sp³-hybridized carbons (Fsp3) is 0.818. The minimum Gasteiger partial charge on any atom is -0.327 e. The fourth-order valence-corrected chi connectivity index (χ4v) is 2.36. The molecule has 1 aliphatic rings. The Bertz CT molecular complexity index is 172. The van der Waals surface area contributed by atoms with Gasteiger partial charge in [-0.25, -0.2) is 0 Å². The SMILES string of the molecule is CC(C)[C@@H]1[C@@H](N)[C@@H](C)C=C[C@H]1C. The summed E-state index contributed by atoms with van der Waals surface area (Å²) in [5.74, 6) is 2.55. The van der Waals surface area contributed by atoms with Crippen molar-refractivity contribution in [1.29, 1.82) is 0 Å². The molecule has 1 aliphatic carbocycles. The third-order valence-corrected chi connectivity index (χ3v) is 3.15. The zero-order chi connectivity index (χ0) is 9.30. The van der Waals surface area contributed by atoms with Gasteiger partial charge in [-0.3, -0.25) is 0 Å². The Morgan fingerprint density at radius 2 is 1.58 bits per heavy atom. The summed E-state index contributed by atoms with van der Waals surface area (Å²) in [6, 6.07) is 0.352. The van der Waals surface area contributed by atoms with Gasteiger partial charge in [-0.1, -0.05) is 39.8 Å². The molecule has 0 bridgehead atoms. The molecule has 0 heterocycles. The molecule has 0 saturated heterocycles. The Kier molecular flexibility index (Phi) is 2.94. The van der Waals surface area contributed by atoms with Crippen molar-refractivity contribution in [2.75, 3.05) is 0 Å². The van der Waals surface area contributed by atoms with Crippen LogP contribution < -0.4 is 5.73 Å². The molecule has 1 rings (SSSR count). The van der Waals surface area contributed by atoms with Crippen molar-refractivity contribution < 1.29 is 0 Å². The van der Waals surface area contributed by atoms with Gasteiger partial charge in [0.1, 0.15) is 0 Å². The van der Waals surface area contributed by atoms with Crippen molar-refractivity contribution in [2.45, 2.75) is 33.7 Å². The van der Waals surface area contributed by atoms with Gasteiger partial charge >= 0.3 is 0 Å². The maximum atomic E-state index is 6.16. The van der Waals surface area contributed by atoms with Crippen LogP contribution in [0.4, 0.5) is 0 Å². The molecule has 0 aromatic rings. The van der Waals surface area contributed by atoms with E-state index < -0.39 is 0 Å². The maximum absolute atomic E-state index is 6.16. The smallest absolute Gasteiger partial charge is 0.0136 e. The summed E-state index contributed by atoms with van der Waals surface area (Å²) in [7, 11) is 0. The van der Waals surface area contributed by atoms with E-state index in [2.05, 4.69) is 39.8 Å². The first kappa shape index (κ1) is 9.79. The highest BCUT2D eigenvalue weighted by Gasteiger charge is 2.31. The second kappa shape index (κ2) is 3.61. The van der Waals surface area contributed by atoms with Gasteiger partial charge in [0.2, 0.25) is 0 Å². The lowest BCUT2D eigenvalue weighted by Gasteiger charge is -2.37. The monoisotopic (exact) mass is 167 g/mol. The Morgan fingerprint density at radius 1 is 1.08 bits per heavy atom. The van der Waals surface area contributed by atoms with Gasteiger partial charge in [0.25, 0.3) is 0 Å². The molecule has 0 aromatic carbocycles. The Hall–Kier alpha value is -0.300. The van der Waals surface area contributed by atoms with E-state index in [1.807, 2.05) is 0 Å². The van der Waals surface area contributed by atoms with Gasteiger partial charge < -0.3 is 5.73 Å². The molecule has 70 valence electrons. The predicted octanol–water partition coefficient (Wildman–Crippen LogP) is 2.43. The van der Waals surface area contributed by atoms with Crippen LogP contribution in [0.5, 0.6) is 0 Å². The van der Waals surface area contributed by atoms with E-state index in [1.165, 1.54) is 0 Å². The third-order valence-electron chi connectivity index (χ3n) is 3.15. The summed E-state index contributed by atoms with van der Waals surface area (Å²) in [5, 5.41) is 0. The van der Waals surface area contributed by atoms with Gasteiger partial charge in [-0.15, -0.1) is 0 Å². The van der Waals surface area contributed by atoms with Crippen LogP contribution in [0.25, 0.3) is 0 Å². The number of hydrogen-bond acceptors (Lipinski definition) is 1. The first-order chi connectivity index (χ1) is 5.54. The number of nitrogens with two attached hydrogens (primary N) is 1. The fourth-order valence-electron chi connectivity index (χ4n) is 2.36. The van der Waals surface area contributed by atoms with Crippen LogP contribution in [0.3, 0.4) is 0 Å². The van der Waals surface area contributed by atoms with E-state index in [9.17, 15) is 0 Å². The van der Waals surface area contributed by atoms with E-state index in [-0.39, 0.29) is 0 Å². The largest absolute Gasteiger partial charge is 0.327 e. The van der Waals surface area contributed by atoms with Gasteiger partial charge in [-0.05, 0) is 23.7 Å². The highest BCUT2D eigenvalue weighted by atomic mass is 14.7. The average Bonchev–Trinajstić information content (AvgIpc) is 1.97. The molecule has 0 radical (unpaired) electrons. The van der Waals surface area contributed by atoms with Crippen LogP contribution in [0.1, 0.15) is 27.7 Å². The molecule has 0 saturated carbocycles. The quantitative estimate of drug-likeness (QED) is 0.596. The molecule has 1 nitrogen and oxygen atoms in total. The summed E-state index contributed by atoms with van der Waals surface area (Å²) in [5.41, 5.74) is 6.16. The van der Waals surface area contributed by atoms with E-state index in [0.29, 0.717) is 29.7 Å². The van der Waals surface area contributed by atoms with Gasteiger partial charge in [0.05, 0.1) is 0 Å². The van der Waals surface area contributed by atoms with Gasteiger partial charge in [0, 0.05) is 6.04 Å². The van der Waals surface area contributed by atoms with Crippen LogP contribution in [0, 0.1) is 23.7 Å². The second-order valence-corrected chi connectivity index (χ2v) is 4.50. The predicted molar refractivity (Wildman–Crippen MR) is 53.8 cm³/mol. The molecule has 0 unspecified atom stereocenters. The van der Waals surface area contributed by atoms with Crippen molar-refractivity contribution in [1.82, 2.24) is 0 Å². The first-order valence-electron chi connectivity index (χ1n) is 4.98. The van der Waals surface area contributed by atoms with Crippen LogP contribution in [0.15, 0.2) is 12.2 Å². The van der Waals surface area contributed by atoms with Crippen molar-refractivity contribution in [2.24, 2.45) is 29.4 Å². The summed E-state index contributed by atoms with van der Waals surface area (Å²) in [6.07, 6.45) is 4.58. The first-order valence-corrected chi connectivity index (χ1v) is 4.98. The molecule has 0 aromatic heterocycles. The Balaban J connectivity index is 2.77. The maximum Gasteiger partial charge on any atom is 0.0136 e. The molecule has 1 heteroatoms. The molecule has 0 fully saturated rings. The average molecular weight is 167 g/mol.